The average molecular weight is 538 g/mol. The third-order valence-electron chi connectivity index (χ3n) is 8.20. The molecule has 1 atom stereocenters. The lowest BCUT2D eigenvalue weighted by Gasteiger charge is -2.19. The zero-order chi connectivity index (χ0) is 27.9. The van der Waals surface area contributed by atoms with Crippen molar-refractivity contribution in [1.82, 2.24) is 5.32 Å². The first-order valence-corrected chi connectivity index (χ1v) is 14.3. The summed E-state index contributed by atoms with van der Waals surface area (Å²) in [6, 6.07) is 51.8. The molecule has 1 aliphatic heterocycles. The molecule has 42 heavy (non-hydrogen) atoms. The summed E-state index contributed by atoms with van der Waals surface area (Å²) in [4.78, 5) is 9.56. The highest BCUT2D eigenvalue weighted by molar-refractivity contribution is 6.25. The van der Waals surface area contributed by atoms with Crippen molar-refractivity contribution in [3.8, 4) is 22.3 Å². The monoisotopic (exact) mass is 537 g/mol. The van der Waals surface area contributed by atoms with Crippen LogP contribution >= 0.6 is 0 Å². The van der Waals surface area contributed by atoms with E-state index < -0.39 is 0 Å². The third kappa shape index (κ3) is 4.15. The van der Waals surface area contributed by atoms with E-state index in [1.54, 1.807) is 6.34 Å². The van der Waals surface area contributed by atoms with E-state index in [0.29, 0.717) is 0 Å². The minimum atomic E-state index is -0.259. The van der Waals surface area contributed by atoms with E-state index in [9.17, 15) is 0 Å². The Labute approximate surface area is 244 Å². The number of amidine groups is 1. The van der Waals surface area contributed by atoms with Crippen LogP contribution in [0.3, 0.4) is 0 Å². The second-order valence-electron chi connectivity index (χ2n) is 10.7. The number of hydrogen-bond donors (Lipinski definition) is 1. The van der Waals surface area contributed by atoms with Gasteiger partial charge in [-0.15, -0.1) is 0 Å². The van der Waals surface area contributed by atoms with Gasteiger partial charge in [-0.25, -0.2) is 9.98 Å². The maximum absolute atomic E-state index is 4.98. The second kappa shape index (κ2) is 10.1. The van der Waals surface area contributed by atoms with Gasteiger partial charge in [0.2, 0.25) is 0 Å². The van der Waals surface area contributed by atoms with Gasteiger partial charge in [0.25, 0.3) is 0 Å². The van der Waals surface area contributed by atoms with Crippen LogP contribution in [0.2, 0.25) is 0 Å². The van der Waals surface area contributed by atoms with Crippen molar-refractivity contribution in [3.05, 3.63) is 157 Å². The van der Waals surface area contributed by atoms with Gasteiger partial charge >= 0.3 is 0 Å². The van der Waals surface area contributed by atoms with E-state index in [1.165, 1.54) is 43.4 Å². The number of hydrogen-bond acceptors (Lipinski definition) is 3. The summed E-state index contributed by atoms with van der Waals surface area (Å²) in [7, 11) is 0. The molecule has 7 aromatic carbocycles. The molecule has 8 rings (SSSR count). The fourth-order valence-corrected chi connectivity index (χ4v) is 6.19. The molecule has 0 amide bonds. The van der Waals surface area contributed by atoms with Crippen molar-refractivity contribution in [2.45, 2.75) is 6.17 Å². The molecule has 198 valence electrons. The van der Waals surface area contributed by atoms with Crippen LogP contribution in [0.15, 0.2) is 156 Å². The van der Waals surface area contributed by atoms with Crippen LogP contribution in [-0.4, -0.2) is 12.2 Å². The van der Waals surface area contributed by atoms with E-state index >= 15 is 0 Å². The lowest BCUT2D eigenvalue weighted by Crippen LogP contribution is -2.27. The van der Waals surface area contributed by atoms with Crippen LogP contribution in [0.25, 0.3) is 54.6 Å². The van der Waals surface area contributed by atoms with E-state index in [0.717, 1.165) is 28.1 Å². The maximum atomic E-state index is 4.98. The fourth-order valence-electron chi connectivity index (χ4n) is 6.19. The maximum Gasteiger partial charge on any atom is 0.169 e. The van der Waals surface area contributed by atoms with Crippen molar-refractivity contribution in [2.75, 3.05) is 0 Å². The van der Waals surface area contributed by atoms with Crippen LogP contribution in [-0.2, 0) is 0 Å². The van der Waals surface area contributed by atoms with E-state index in [2.05, 4.69) is 138 Å². The Hall–Kier alpha value is -5.54. The molecule has 0 spiro atoms. The Kier molecular flexibility index (Phi) is 5.86. The number of nitrogens with one attached hydrogen (secondary N) is 1. The van der Waals surface area contributed by atoms with Gasteiger partial charge in [-0.3, -0.25) is 0 Å². The molecule has 1 aliphatic rings. The third-order valence-corrected chi connectivity index (χ3v) is 8.20. The molecule has 1 N–H and O–H groups in total. The molecule has 1 heterocycles. The van der Waals surface area contributed by atoms with E-state index in [-0.39, 0.29) is 6.17 Å². The fraction of sp³-hybridized carbons (Fsp3) is 0.0256. The van der Waals surface area contributed by atoms with Gasteiger partial charge < -0.3 is 5.32 Å². The summed E-state index contributed by atoms with van der Waals surface area (Å²) in [5, 5.41) is 11.0. The minimum Gasteiger partial charge on any atom is -0.331 e. The minimum absolute atomic E-state index is 0.259. The first-order valence-electron chi connectivity index (χ1n) is 14.3. The van der Waals surface area contributed by atoms with Crippen LogP contribution in [0.5, 0.6) is 0 Å². The molecular weight excluding hydrogens is 510 g/mol. The Balaban J connectivity index is 1.23. The summed E-state index contributed by atoms with van der Waals surface area (Å²) in [5.41, 5.74) is 6.79. The van der Waals surface area contributed by atoms with E-state index in [4.69, 9.17) is 4.99 Å². The summed E-state index contributed by atoms with van der Waals surface area (Å²) < 4.78 is 0. The molecule has 3 heteroatoms. The zero-order valence-corrected chi connectivity index (χ0v) is 22.9. The second-order valence-corrected chi connectivity index (χ2v) is 10.7. The molecule has 1 unspecified atom stereocenters. The highest BCUT2D eigenvalue weighted by atomic mass is 15.2. The van der Waals surface area contributed by atoms with Crippen LogP contribution in [0, 0.1) is 0 Å². The summed E-state index contributed by atoms with van der Waals surface area (Å²) in [6.07, 6.45) is 1.50. The lowest BCUT2D eigenvalue weighted by molar-refractivity contribution is 0.763. The Morgan fingerprint density at radius 3 is 1.74 bits per heavy atom. The van der Waals surface area contributed by atoms with E-state index in [1.807, 2.05) is 18.2 Å². The molecule has 3 nitrogen and oxygen atoms in total. The Morgan fingerprint density at radius 2 is 1.00 bits per heavy atom. The number of aliphatic imine (C=N–C) groups is 2. The zero-order valence-electron chi connectivity index (χ0n) is 22.9. The highest BCUT2D eigenvalue weighted by Gasteiger charge is 2.17. The van der Waals surface area contributed by atoms with Crippen molar-refractivity contribution < 1.29 is 0 Å². The van der Waals surface area contributed by atoms with Crippen molar-refractivity contribution in [1.29, 1.82) is 0 Å². The largest absolute Gasteiger partial charge is 0.331 e. The molecule has 0 aliphatic carbocycles. The molecule has 0 saturated heterocycles. The SMILES string of the molecule is C1=NC(c2ccccc2)N=C(c2ccccc2-c2cccc(-c3ccc4c5ccccc5c5ccccc5c4c3)c2)N1. The standard InChI is InChI=1S/C39H27N3/c1-2-11-26(12-3-1)38-40-25-41-39(42-38)36-20-9-4-15-30(36)29-14-10-13-27(23-29)28-21-22-35-33-18-6-5-16-31(33)32-17-7-8-19-34(32)37(35)24-28/h1-25,38H,(H,40,41,42). The topological polar surface area (TPSA) is 36.8 Å². The first-order chi connectivity index (χ1) is 20.8. The van der Waals surface area contributed by atoms with Gasteiger partial charge in [-0.1, -0.05) is 133 Å². The van der Waals surface area contributed by atoms with Crippen LogP contribution < -0.4 is 5.32 Å². The van der Waals surface area contributed by atoms with Gasteiger partial charge in [-0.2, -0.15) is 0 Å². The van der Waals surface area contributed by atoms with Gasteiger partial charge in [0, 0.05) is 5.56 Å². The quantitative estimate of drug-likeness (QED) is 0.223. The number of rotatable bonds is 4. The Morgan fingerprint density at radius 1 is 0.429 bits per heavy atom. The molecule has 0 bridgehead atoms. The van der Waals surface area contributed by atoms with Gasteiger partial charge in [0.1, 0.15) is 5.84 Å². The van der Waals surface area contributed by atoms with Gasteiger partial charge in [-0.05, 0) is 72.3 Å². The summed E-state index contributed by atoms with van der Waals surface area (Å²) in [5.74, 6) is 0.823. The van der Waals surface area contributed by atoms with Gasteiger partial charge in [0.15, 0.2) is 6.17 Å². The molecule has 0 radical (unpaired) electrons. The number of benzene rings is 7. The first kappa shape index (κ1) is 24.3. The number of fused-ring (bicyclic) bond motifs is 6. The molecule has 0 saturated carbocycles. The van der Waals surface area contributed by atoms with Crippen molar-refractivity contribution in [3.63, 3.8) is 0 Å². The van der Waals surface area contributed by atoms with Crippen LogP contribution in [0.1, 0.15) is 17.3 Å². The summed E-state index contributed by atoms with van der Waals surface area (Å²) >= 11 is 0. The smallest absolute Gasteiger partial charge is 0.169 e. The van der Waals surface area contributed by atoms with Crippen molar-refractivity contribution >= 4 is 44.5 Å². The molecular formula is C39H27N3. The lowest BCUT2D eigenvalue weighted by atomic mass is 9.91. The molecule has 0 fully saturated rings. The molecule has 0 aromatic heterocycles. The highest BCUT2D eigenvalue weighted by Crippen LogP contribution is 2.38. The molecule has 7 aromatic rings. The van der Waals surface area contributed by atoms with Gasteiger partial charge in [0.05, 0.1) is 6.34 Å². The summed E-state index contributed by atoms with van der Waals surface area (Å²) in [6.45, 7) is 0. The predicted molar refractivity (Wildman–Crippen MR) is 177 cm³/mol. The normalized spacial score (nSPS) is 14.7. The Bertz CT molecular complexity index is 2140. The van der Waals surface area contributed by atoms with Crippen LogP contribution in [0.4, 0.5) is 0 Å². The number of nitrogens with zero attached hydrogens (tertiary/aromatic N) is 2. The average Bonchev–Trinajstić information content (AvgIpc) is 3.09. The predicted octanol–water partition coefficient (Wildman–Crippen LogP) is 9.56. The van der Waals surface area contributed by atoms with Crippen molar-refractivity contribution in [2.24, 2.45) is 9.98 Å².